The van der Waals surface area contributed by atoms with Gasteiger partial charge >= 0.3 is 12.1 Å². The van der Waals surface area contributed by atoms with Crippen LogP contribution in [0.15, 0.2) is 0 Å². The highest BCUT2D eigenvalue weighted by Crippen LogP contribution is 2.18. The van der Waals surface area contributed by atoms with Crippen LogP contribution in [0.1, 0.15) is 20.8 Å². The zero-order chi connectivity index (χ0) is 14.9. The highest BCUT2D eigenvalue weighted by Gasteiger charge is 2.25. The molecule has 0 aromatic heterocycles. The molecule has 0 aliphatic heterocycles. The van der Waals surface area contributed by atoms with Gasteiger partial charge in [-0.05, 0) is 27.0 Å². The predicted molar refractivity (Wildman–Crippen MR) is 75.7 cm³/mol. The molecule has 0 spiro atoms. The maximum atomic E-state index is 11.6. The number of nitriles is 1. The molecule has 8 heteroatoms. The summed E-state index contributed by atoms with van der Waals surface area (Å²) in [6.45, 7) is 4.85. The second-order valence-corrected chi connectivity index (χ2v) is 7.03. The van der Waals surface area contributed by atoms with Crippen LogP contribution in [0.3, 0.4) is 0 Å². The van der Waals surface area contributed by atoms with Crippen LogP contribution < -0.4 is 5.32 Å². The Kier molecular flexibility index (Phi) is 8.43. The number of amides is 1. The SMILES string of the molecule is CSSC[C@H](NC(=O)OC(C)(C)C)C(=O)OCC#N. The molecule has 6 nitrogen and oxygen atoms in total. The Morgan fingerprint density at radius 1 is 1.42 bits per heavy atom. The van der Waals surface area contributed by atoms with E-state index in [2.05, 4.69) is 10.1 Å². The van der Waals surface area contributed by atoms with E-state index in [9.17, 15) is 9.59 Å². The molecule has 0 saturated carbocycles. The van der Waals surface area contributed by atoms with Gasteiger partial charge < -0.3 is 14.8 Å². The molecule has 0 heterocycles. The summed E-state index contributed by atoms with van der Waals surface area (Å²) in [6.07, 6.45) is 1.17. The Hall–Kier alpha value is -1.07. The summed E-state index contributed by atoms with van der Waals surface area (Å²) < 4.78 is 9.75. The maximum Gasteiger partial charge on any atom is 0.408 e. The molecule has 0 saturated heterocycles. The number of hydrogen-bond acceptors (Lipinski definition) is 7. The maximum absolute atomic E-state index is 11.6. The van der Waals surface area contributed by atoms with E-state index in [1.807, 2.05) is 6.26 Å². The molecule has 0 unspecified atom stereocenters. The molecule has 1 N–H and O–H groups in total. The van der Waals surface area contributed by atoms with Gasteiger partial charge in [0.25, 0.3) is 0 Å². The number of hydrogen-bond donors (Lipinski definition) is 1. The number of esters is 1. The summed E-state index contributed by atoms with van der Waals surface area (Å²) in [5.74, 6) is -0.307. The number of nitrogens with one attached hydrogen (secondary N) is 1. The molecule has 0 aliphatic rings. The molecule has 0 radical (unpaired) electrons. The van der Waals surface area contributed by atoms with E-state index >= 15 is 0 Å². The summed E-state index contributed by atoms with van der Waals surface area (Å²) in [7, 11) is 2.86. The van der Waals surface area contributed by atoms with Gasteiger partial charge in [0, 0.05) is 5.75 Å². The first kappa shape index (κ1) is 17.9. The average Bonchev–Trinajstić information content (AvgIpc) is 2.29. The Balaban J connectivity index is 4.46. The minimum absolute atomic E-state index is 0.338. The third-order valence-electron chi connectivity index (χ3n) is 1.61. The predicted octanol–water partition coefficient (Wildman–Crippen LogP) is 1.96. The monoisotopic (exact) mass is 306 g/mol. The second kappa shape index (κ2) is 8.93. The van der Waals surface area contributed by atoms with Crippen LogP contribution in [0.25, 0.3) is 0 Å². The van der Waals surface area contributed by atoms with Crippen molar-refractivity contribution in [1.29, 1.82) is 5.26 Å². The normalized spacial score (nSPS) is 12.2. The molecule has 0 rings (SSSR count). The lowest BCUT2D eigenvalue weighted by Gasteiger charge is -2.22. The second-order valence-electron chi connectivity index (χ2n) is 4.42. The van der Waals surface area contributed by atoms with Gasteiger partial charge in [0.1, 0.15) is 17.7 Å². The fraction of sp³-hybridized carbons (Fsp3) is 0.727. The van der Waals surface area contributed by atoms with Crippen molar-refractivity contribution in [2.45, 2.75) is 32.4 Å². The molecule has 1 atom stereocenters. The third kappa shape index (κ3) is 9.50. The van der Waals surface area contributed by atoms with Crippen molar-refractivity contribution in [2.75, 3.05) is 18.6 Å². The van der Waals surface area contributed by atoms with Crippen LogP contribution in [-0.4, -0.2) is 42.3 Å². The Bertz CT molecular complexity index is 350. The number of carbonyl (C=O) groups is 2. The number of carbonyl (C=O) groups excluding carboxylic acids is 2. The summed E-state index contributed by atoms with van der Waals surface area (Å²) in [5, 5.41) is 10.8. The fourth-order valence-electron chi connectivity index (χ4n) is 0.959. The molecule has 0 fully saturated rings. The molecule has 0 aliphatic carbocycles. The molecule has 1 amide bonds. The molecular weight excluding hydrogens is 288 g/mol. The number of alkyl carbamates (subject to hydrolysis) is 1. The van der Waals surface area contributed by atoms with Gasteiger partial charge in [0.05, 0.1) is 0 Å². The van der Waals surface area contributed by atoms with Crippen LogP contribution in [0.2, 0.25) is 0 Å². The summed E-state index contributed by atoms with van der Waals surface area (Å²) in [5.41, 5.74) is -0.641. The first-order valence-corrected chi connectivity index (χ1v) is 8.21. The minimum Gasteiger partial charge on any atom is -0.449 e. The summed E-state index contributed by atoms with van der Waals surface area (Å²) >= 11 is 0. The zero-order valence-electron chi connectivity index (χ0n) is 11.4. The van der Waals surface area contributed by atoms with Crippen molar-refractivity contribution in [1.82, 2.24) is 5.32 Å². The van der Waals surface area contributed by atoms with Crippen molar-refractivity contribution < 1.29 is 19.1 Å². The van der Waals surface area contributed by atoms with Gasteiger partial charge in [-0.2, -0.15) is 5.26 Å². The summed E-state index contributed by atoms with van der Waals surface area (Å²) in [6, 6.07) is 0.869. The Labute approximate surface area is 121 Å². The van der Waals surface area contributed by atoms with Gasteiger partial charge in [-0.25, -0.2) is 9.59 Å². The van der Waals surface area contributed by atoms with Crippen LogP contribution >= 0.6 is 21.6 Å². The van der Waals surface area contributed by atoms with E-state index in [1.165, 1.54) is 21.6 Å². The zero-order valence-corrected chi connectivity index (χ0v) is 13.0. The lowest BCUT2D eigenvalue weighted by molar-refractivity contribution is -0.144. The number of ether oxygens (including phenoxy) is 2. The smallest absolute Gasteiger partial charge is 0.408 e. The molecule has 0 aromatic rings. The van der Waals surface area contributed by atoms with Crippen molar-refractivity contribution in [3.63, 3.8) is 0 Å². The van der Waals surface area contributed by atoms with Crippen molar-refractivity contribution >= 4 is 33.7 Å². The Morgan fingerprint density at radius 3 is 2.53 bits per heavy atom. The van der Waals surface area contributed by atoms with E-state index < -0.39 is 23.7 Å². The molecule has 19 heavy (non-hydrogen) atoms. The van der Waals surface area contributed by atoms with Gasteiger partial charge in [0.15, 0.2) is 6.61 Å². The van der Waals surface area contributed by atoms with Crippen molar-refractivity contribution in [2.24, 2.45) is 0 Å². The third-order valence-corrected chi connectivity index (χ3v) is 3.43. The van der Waals surface area contributed by atoms with E-state index in [1.54, 1.807) is 26.8 Å². The summed E-state index contributed by atoms with van der Waals surface area (Å²) in [4.78, 5) is 23.2. The van der Waals surface area contributed by atoms with Crippen LogP contribution in [0.5, 0.6) is 0 Å². The fourth-order valence-corrected chi connectivity index (χ4v) is 2.27. The van der Waals surface area contributed by atoms with Gasteiger partial charge in [-0.3, -0.25) is 0 Å². The van der Waals surface area contributed by atoms with Crippen LogP contribution in [0, 0.1) is 11.3 Å². The van der Waals surface area contributed by atoms with Crippen molar-refractivity contribution in [3.8, 4) is 6.07 Å². The van der Waals surface area contributed by atoms with E-state index in [-0.39, 0.29) is 6.61 Å². The average molecular weight is 306 g/mol. The number of rotatable bonds is 6. The largest absolute Gasteiger partial charge is 0.449 e. The minimum atomic E-state index is -0.833. The van der Waals surface area contributed by atoms with E-state index in [4.69, 9.17) is 10.00 Å². The van der Waals surface area contributed by atoms with E-state index in [0.29, 0.717) is 5.75 Å². The molecule has 108 valence electrons. The van der Waals surface area contributed by atoms with Gasteiger partial charge in [-0.15, -0.1) is 0 Å². The lowest BCUT2D eigenvalue weighted by atomic mass is 10.2. The van der Waals surface area contributed by atoms with Crippen molar-refractivity contribution in [3.05, 3.63) is 0 Å². The number of nitrogens with zero attached hydrogens (tertiary/aromatic N) is 1. The first-order chi connectivity index (χ1) is 8.80. The molecule has 0 bridgehead atoms. The van der Waals surface area contributed by atoms with Crippen LogP contribution in [-0.2, 0) is 14.3 Å². The topological polar surface area (TPSA) is 88.4 Å². The molecule has 0 aromatic carbocycles. The first-order valence-electron chi connectivity index (χ1n) is 5.49. The van der Waals surface area contributed by atoms with E-state index in [0.717, 1.165) is 0 Å². The van der Waals surface area contributed by atoms with Crippen LogP contribution in [0.4, 0.5) is 4.79 Å². The lowest BCUT2D eigenvalue weighted by Crippen LogP contribution is -2.45. The standard InChI is InChI=1S/C11H18N2O4S2/c1-11(2,3)17-10(15)13-8(7-19-18-4)9(14)16-6-5-12/h8H,6-7H2,1-4H3,(H,13,15)/t8-/m0/s1. The quantitative estimate of drug-likeness (QED) is 0.592. The van der Waals surface area contributed by atoms with Gasteiger partial charge in [-0.1, -0.05) is 21.6 Å². The highest BCUT2D eigenvalue weighted by atomic mass is 33.1. The highest BCUT2D eigenvalue weighted by molar-refractivity contribution is 8.76. The molecular formula is C11H18N2O4S2. The Morgan fingerprint density at radius 2 is 2.05 bits per heavy atom. The van der Waals surface area contributed by atoms with Gasteiger partial charge in [0.2, 0.25) is 0 Å².